The Hall–Kier alpha value is -3.59. The fourth-order valence-electron chi connectivity index (χ4n) is 2.90. The van der Waals surface area contributed by atoms with Crippen molar-refractivity contribution in [1.82, 2.24) is 5.32 Å². The Morgan fingerprint density at radius 1 is 0.703 bits per heavy atom. The van der Waals surface area contributed by atoms with Crippen LogP contribution >= 0.6 is 0 Å². The molecule has 0 radical (unpaired) electrons. The Kier molecular flexibility index (Phi) is 12.6. The molecule has 0 bridgehead atoms. The van der Waals surface area contributed by atoms with Gasteiger partial charge < -0.3 is 20.5 Å². The normalized spacial score (nSPS) is 10.9. The van der Waals surface area contributed by atoms with E-state index in [2.05, 4.69) is 16.0 Å². The third-order valence-corrected chi connectivity index (χ3v) is 4.42. The summed E-state index contributed by atoms with van der Waals surface area (Å²) < 4.78 is 10.3. The van der Waals surface area contributed by atoms with Gasteiger partial charge in [-0.2, -0.15) is 0 Å². The summed E-state index contributed by atoms with van der Waals surface area (Å²) in [6.45, 7) is 13.7. The van der Waals surface area contributed by atoms with Gasteiger partial charge in [0.2, 0.25) is 5.91 Å². The van der Waals surface area contributed by atoms with Gasteiger partial charge in [0.25, 0.3) is 0 Å². The molecule has 204 valence electrons. The lowest BCUT2D eigenvalue weighted by Crippen LogP contribution is -2.27. The first-order valence-corrected chi connectivity index (χ1v) is 12.3. The summed E-state index contributed by atoms with van der Waals surface area (Å²) in [5, 5.41) is 8.08. The first-order chi connectivity index (χ1) is 17.2. The molecular formula is C28H42N4O5. The number of carbonyl (C=O) groups excluding carboxylic acids is 3. The second-order valence-corrected chi connectivity index (χ2v) is 10.4. The lowest BCUT2D eigenvalue weighted by atomic mass is 10.1. The van der Waals surface area contributed by atoms with Crippen LogP contribution in [0.4, 0.5) is 21.0 Å². The van der Waals surface area contributed by atoms with Crippen LogP contribution in [0.25, 0.3) is 0 Å². The van der Waals surface area contributed by atoms with Gasteiger partial charge in [-0.05, 0) is 96.3 Å². The number of amides is 3. The molecule has 0 saturated heterocycles. The van der Waals surface area contributed by atoms with Crippen molar-refractivity contribution in [3.8, 4) is 0 Å². The highest BCUT2D eigenvalue weighted by molar-refractivity contribution is 5.85. The molecule has 2 aromatic rings. The maximum atomic E-state index is 11.6. The zero-order valence-corrected chi connectivity index (χ0v) is 23.1. The van der Waals surface area contributed by atoms with Gasteiger partial charge in [-0.25, -0.2) is 9.59 Å². The standard InChI is InChI=1S/C15H22N2O3.C13H20N2O2/c1-11(18)16-10-9-12-5-7-13(8-6-12)17-14(19)20-15(2,3)4;1-13(2,3)17-12(16)15-11-6-4-10(5-7-11)8-9-14/h5-8H,9-10H2,1-4H3,(H,16,18)(H,17,19);4-7H,8-9,14H2,1-3H3,(H,15,16). The fourth-order valence-corrected chi connectivity index (χ4v) is 2.90. The minimum absolute atomic E-state index is 0.0341. The van der Waals surface area contributed by atoms with Gasteiger partial charge in [0.05, 0.1) is 0 Å². The summed E-state index contributed by atoms with van der Waals surface area (Å²) in [5.74, 6) is -0.0341. The van der Waals surface area contributed by atoms with E-state index >= 15 is 0 Å². The second-order valence-electron chi connectivity index (χ2n) is 10.4. The zero-order chi connectivity index (χ0) is 28.1. The molecule has 9 heteroatoms. The quantitative estimate of drug-likeness (QED) is 0.399. The molecule has 0 aliphatic heterocycles. The minimum atomic E-state index is -0.512. The largest absolute Gasteiger partial charge is 0.444 e. The monoisotopic (exact) mass is 514 g/mol. The van der Waals surface area contributed by atoms with Gasteiger partial charge >= 0.3 is 12.2 Å². The van der Waals surface area contributed by atoms with E-state index in [-0.39, 0.29) is 5.91 Å². The Morgan fingerprint density at radius 3 is 1.41 bits per heavy atom. The zero-order valence-electron chi connectivity index (χ0n) is 23.1. The Labute approximate surface area is 220 Å². The number of hydrogen-bond donors (Lipinski definition) is 4. The van der Waals surface area contributed by atoms with E-state index in [1.165, 1.54) is 6.92 Å². The molecule has 0 saturated carbocycles. The summed E-state index contributed by atoms with van der Waals surface area (Å²) >= 11 is 0. The number of anilines is 2. The Morgan fingerprint density at radius 2 is 1.08 bits per heavy atom. The molecule has 2 rings (SSSR count). The number of benzene rings is 2. The van der Waals surface area contributed by atoms with Crippen LogP contribution in [-0.2, 0) is 27.1 Å². The van der Waals surface area contributed by atoms with Crippen molar-refractivity contribution in [3.63, 3.8) is 0 Å². The molecule has 5 N–H and O–H groups in total. The van der Waals surface area contributed by atoms with Crippen molar-refractivity contribution < 1.29 is 23.9 Å². The second kappa shape index (κ2) is 14.8. The van der Waals surface area contributed by atoms with Gasteiger partial charge in [-0.15, -0.1) is 0 Å². The average Bonchev–Trinajstić information content (AvgIpc) is 2.74. The molecule has 3 amide bonds. The molecule has 0 atom stereocenters. The van der Waals surface area contributed by atoms with Gasteiger partial charge in [0, 0.05) is 24.8 Å². The number of nitrogens with one attached hydrogen (secondary N) is 3. The van der Waals surface area contributed by atoms with Crippen LogP contribution in [0.15, 0.2) is 48.5 Å². The smallest absolute Gasteiger partial charge is 0.412 e. The van der Waals surface area contributed by atoms with Crippen molar-refractivity contribution in [2.24, 2.45) is 5.73 Å². The lowest BCUT2D eigenvalue weighted by molar-refractivity contribution is -0.118. The number of rotatable bonds is 7. The van der Waals surface area contributed by atoms with Crippen LogP contribution in [0, 0.1) is 0 Å². The van der Waals surface area contributed by atoms with E-state index in [0.717, 1.165) is 29.7 Å². The number of nitrogens with two attached hydrogens (primary N) is 1. The van der Waals surface area contributed by atoms with Crippen LogP contribution in [0.2, 0.25) is 0 Å². The van der Waals surface area contributed by atoms with Crippen LogP contribution in [0.3, 0.4) is 0 Å². The van der Waals surface area contributed by atoms with Crippen LogP contribution in [-0.4, -0.2) is 42.4 Å². The van der Waals surface area contributed by atoms with Gasteiger partial charge in [0.15, 0.2) is 0 Å². The number of carbonyl (C=O) groups is 3. The molecule has 0 aromatic heterocycles. The highest BCUT2D eigenvalue weighted by Gasteiger charge is 2.17. The first-order valence-electron chi connectivity index (χ1n) is 12.3. The number of hydrogen-bond acceptors (Lipinski definition) is 6. The minimum Gasteiger partial charge on any atom is -0.444 e. The van der Waals surface area contributed by atoms with Crippen molar-refractivity contribution in [2.75, 3.05) is 23.7 Å². The third kappa shape index (κ3) is 15.9. The highest BCUT2D eigenvalue weighted by atomic mass is 16.6. The molecule has 0 unspecified atom stereocenters. The Bertz CT molecular complexity index is 991. The predicted molar refractivity (Wildman–Crippen MR) is 148 cm³/mol. The average molecular weight is 515 g/mol. The number of ether oxygens (including phenoxy) is 2. The van der Waals surface area contributed by atoms with E-state index in [0.29, 0.717) is 18.8 Å². The van der Waals surface area contributed by atoms with E-state index in [9.17, 15) is 14.4 Å². The van der Waals surface area contributed by atoms with Crippen molar-refractivity contribution in [3.05, 3.63) is 59.7 Å². The van der Waals surface area contributed by atoms with Gasteiger partial charge in [-0.3, -0.25) is 15.4 Å². The van der Waals surface area contributed by atoms with Crippen LogP contribution < -0.4 is 21.7 Å². The predicted octanol–water partition coefficient (Wildman–Crippen LogP) is 5.25. The molecule has 0 fully saturated rings. The van der Waals surface area contributed by atoms with Gasteiger partial charge in [-0.1, -0.05) is 24.3 Å². The summed E-state index contributed by atoms with van der Waals surface area (Å²) in [5.41, 5.74) is 8.12. The molecule has 2 aromatic carbocycles. The van der Waals surface area contributed by atoms with Crippen molar-refractivity contribution in [1.29, 1.82) is 0 Å². The van der Waals surface area contributed by atoms with Crippen LogP contribution in [0.5, 0.6) is 0 Å². The summed E-state index contributed by atoms with van der Waals surface area (Å²) in [6, 6.07) is 15.0. The maximum absolute atomic E-state index is 11.6. The summed E-state index contributed by atoms with van der Waals surface area (Å²) in [7, 11) is 0. The molecule has 0 spiro atoms. The summed E-state index contributed by atoms with van der Waals surface area (Å²) in [4.78, 5) is 33.8. The fraction of sp³-hybridized carbons (Fsp3) is 0.464. The highest BCUT2D eigenvalue weighted by Crippen LogP contribution is 2.14. The molecule has 37 heavy (non-hydrogen) atoms. The van der Waals surface area contributed by atoms with E-state index in [4.69, 9.17) is 15.2 Å². The molecular weight excluding hydrogens is 472 g/mol. The van der Waals surface area contributed by atoms with Crippen LogP contribution in [0.1, 0.15) is 59.6 Å². The van der Waals surface area contributed by atoms with E-state index < -0.39 is 23.4 Å². The molecule has 0 aliphatic carbocycles. The molecule has 9 nitrogen and oxygen atoms in total. The summed E-state index contributed by atoms with van der Waals surface area (Å²) in [6.07, 6.45) is 0.687. The first kappa shape index (κ1) is 31.4. The van der Waals surface area contributed by atoms with E-state index in [1.807, 2.05) is 90.1 Å². The lowest BCUT2D eigenvalue weighted by Gasteiger charge is -2.19. The van der Waals surface area contributed by atoms with Gasteiger partial charge in [0.1, 0.15) is 11.2 Å². The maximum Gasteiger partial charge on any atom is 0.412 e. The van der Waals surface area contributed by atoms with E-state index in [1.54, 1.807) is 0 Å². The molecule has 0 aliphatic rings. The SMILES string of the molecule is CC(=O)NCCc1ccc(NC(=O)OC(C)(C)C)cc1.CC(C)(C)OC(=O)Nc1ccc(CCN)cc1. The van der Waals surface area contributed by atoms with Crippen molar-refractivity contribution >= 4 is 29.5 Å². The van der Waals surface area contributed by atoms with Crippen molar-refractivity contribution in [2.45, 2.75) is 72.5 Å². The molecule has 0 heterocycles. The topological polar surface area (TPSA) is 132 Å². The Balaban J connectivity index is 0.000000375. The third-order valence-electron chi connectivity index (χ3n) is 4.42.